The normalized spacial score (nSPS) is 13.7. The van der Waals surface area contributed by atoms with E-state index in [1.54, 1.807) is 13.8 Å². The lowest BCUT2D eigenvalue weighted by molar-refractivity contribution is -0.151. The molecule has 23 heavy (non-hydrogen) atoms. The number of rotatable bonds is 8. The Bertz CT molecular complexity index is 503. The SMILES string of the molecule is CC(C)[C@H](NO)C(=O)N[C@H](C(=O)OCc1ccccc1)C(C)C. The first kappa shape index (κ1) is 19.1. The van der Waals surface area contributed by atoms with E-state index in [0.29, 0.717) is 0 Å². The molecule has 1 amide bonds. The summed E-state index contributed by atoms with van der Waals surface area (Å²) in [7, 11) is 0. The van der Waals surface area contributed by atoms with Crippen LogP contribution in [0.15, 0.2) is 30.3 Å². The van der Waals surface area contributed by atoms with Crippen molar-refractivity contribution in [1.29, 1.82) is 0 Å². The van der Waals surface area contributed by atoms with Crippen molar-refractivity contribution in [1.82, 2.24) is 10.8 Å². The number of amides is 1. The summed E-state index contributed by atoms with van der Waals surface area (Å²) in [6, 6.07) is 7.80. The van der Waals surface area contributed by atoms with Gasteiger partial charge in [0.1, 0.15) is 18.7 Å². The smallest absolute Gasteiger partial charge is 0.329 e. The van der Waals surface area contributed by atoms with Gasteiger partial charge in [0.2, 0.25) is 5.91 Å². The molecule has 0 saturated heterocycles. The van der Waals surface area contributed by atoms with E-state index >= 15 is 0 Å². The Morgan fingerprint density at radius 1 is 1.04 bits per heavy atom. The van der Waals surface area contributed by atoms with E-state index < -0.39 is 24.0 Å². The summed E-state index contributed by atoms with van der Waals surface area (Å²) in [5, 5.41) is 11.7. The molecule has 128 valence electrons. The fraction of sp³-hybridized carbons (Fsp3) is 0.529. The molecule has 6 nitrogen and oxygen atoms in total. The Kier molecular flexibility index (Phi) is 7.71. The van der Waals surface area contributed by atoms with Crippen molar-refractivity contribution in [3.8, 4) is 0 Å². The third-order valence-corrected chi connectivity index (χ3v) is 3.53. The van der Waals surface area contributed by atoms with E-state index in [0.717, 1.165) is 5.56 Å². The topological polar surface area (TPSA) is 87.7 Å². The van der Waals surface area contributed by atoms with Crippen molar-refractivity contribution in [3.05, 3.63) is 35.9 Å². The Hall–Kier alpha value is -1.92. The molecule has 0 fully saturated rings. The highest BCUT2D eigenvalue weighted by Crippen LogP contribution is 2.09. The summed E-state index contributed by atoms with van der Waals surface area (Å²) in [5.74, 6) is -1.17. The Morgan fingerprint density at radius 3 is 2.09 bits per heavy atom. The first-order valence-electron chi connectivity index (χ1n) is 7.77. The zero-order chi connectivity index (χ0) is 17.4. The lowest BCUT2D eigenvalue weighted by Crippen LogP contribution is -2.53. The molecular formula is C17H26N2O4. The van der Waals surface area contributed by atoms with Gasteiger partial charge in [0.25, 0.3) is 0 Å². The van der Waals surface area contributed by atoms with E-state index in [9.17, 15) is 9.59 Å². The van der Waals surface area contributed by atoms with E-state index in [1.165, 1.54) is 0 Å². The molecule has 0 heterocycles. The van der Waals surface area contributed by atoms with Gasteiger partial charge in [0.05, 0.1) is 0 Å². The maximum atomic E-state index is 12.3. The van der Waals surface area contributed by atoms with Crippen LogP contribution in [0.25, 0.3) is 0 Å². The van der Waals surface area contributed by atoms with Crippen molar-refractivity contribution in [2.24, 2.45) is 11.8 Å². The molecule has 0 saturated carbocycles. The molecule has 1 rings (SSSR count). The van der Waals surface area contributed by atoms with Gasteiger partial charge >= 0.3 is 5.97 Å². The summed E-state index contributed by atoms with van der Waals surface area (Å²) in [5.41, 5.74) is 2.86. The first-order chi connectivity index (χ1) is 10.9. The zero-order valence-corrected chi connectivity index (χ0v) is 14.1. The number of ether oxygens (including phenoxy) is 1. The van der Waals surface area contributed by atoms with Crippen LogP contribution in [0.4, 0.5) is 0 Å². The van der Waals surface area contributed by atoms with Gasteiger partial charge in [-0.25, -0.2) is 4.79 Å². The molecule has 0 spiro atoms. The van der Waals surface area contributed by atoms with Gasteiger partial charge in [-0.15, -0.1) is 0 Å². The molecule has 1 aromatic carbocycles. The van der Waals surface area contributed by atoms with Crippen molar-refractivity contribution >= 4 is 11.9 Å². The molecule has 0 aliphatic carbocycles. The number of esters is 1. The number of hydrogen-bond donors (Lipinski definition) is 3. The fourth-order valence-corrected chi connectivity index (χ4v) is 2.07. The molecule has 1 aromatic rings. The highest BCUT2D eigenvalue weighted by molar-refractivity contribution is 5.87. The van der Waals surface area contributed by atoms with E-state index in [-0.39, 0.29) is 18.4 Å². The Morgan fingerprint density at radius 2 is 1.61 bits per heavy atom. The molecule has 0 bridgehead atoms. The number of carbonyl (C=O) groups excluding carboxylic acids is 2. The predicted octanol–water partition coefficient (Wildman–Crippen LogP) is 1.87. The third kappa shape index (κ3) is 6.00. The lowest BCUT2D eigenvalue weighted by Gasteiger charge is -2.25. The summed E-state index contributed by atoms with van der Waals surface area (Å²) in [6.45, 7) is 7.40. The summed E-state index contributed by atoms with van der Waals surface area (Å²) in [4.78, 5) is 24.4. The van der Waals surface area contributed by atoms with Crippen molar-refractivity contribution in [3.63, 3.8) is 0 Å². The van der Waals surface area contributed by atoms with Gasteiger partial charge in [0, 0.05) is 0 Å². The van der Waals surface area contributed by atoms with Crippen LogP contribution in [0.5, 0.6) is 0 Å². The van der Waals surface area contributed by atoms with Gasteiger partial charge in [-0.3, -0.25) is 4.79 Å². The van der Waals surface area contributed by atoms with Crippen LogP contribution >= 0.6 is 0 Å². The largest absolute Gasteiger partial charge is 0.459 e. The minimum Gasteiger partial charge on any atom is -0.459 e. The summed E-state index contributed by atoms with van der Waals surface area (Å²) >= 11 is 0. The van der Waals surface area contributed by atoms with Crippen LogP contribution in [-0.2, 0) is 20.9 Å². The lowest BCUT2D eigenvalue weighted by atomic mass is 10.0. The van der Waals surface area contributed by atoms with Gasteiger partial charge in [-0.2, -0.15) is 5.48 Å². The highest BCUT2D eigenvalue weighted by Gasteiger charge is 2.30. The molecule has 0 unspecified atom stereocenters. The average molecular weight is 322 g/mol. The predicted molar refractivity (Wildman–Crippen MR) is 86.6 cm³/mol. The molecule has 0 aromatic heterocycles. The van der Waals surface area contributed by atoms with Crippen molar-refractivity contribution in [2.75, 3.05) is 0 Å². The van der Waals surface area contributed by atoms with Gasteiger partial charge in [-0.1, -0.05) is 58.0 Å². The number of hydrogen-bond acceptors (Lipinski definition) is 5. The molecule has 0 aliphatic rings. The maximum absolute atomic E-state index is 12.3. The average Bonchev–Trinajstić information content (AvgIpc) is 2.51. The standard InChI is InChI=1S/C17H26N2O4/c1-11(2)14(19-22)16(20)18-15(12(3)4)17(21)23-10-13-8-6-5-7-9-13/h5-9,11-12,14-15,19,22H,10H2,1-4H3,(H,18,20)/t14-,15-/m0/s1. The number of carbonyl (C=O) groups is 2. The van der Waals surface area contributed by atoms with Crippen LogP contribution < -0.4 is 10.8 Å². The first-order valence-corrected chi connectivity index (χ1v) is 7.77. The zero-order valence-electron chi connectivity index (χ0n) is 14.1. The minimum atomic E-state index is -0.779. The van der Waals surface area contributed by atoms with Crippen LogP contribution in [0.3, 0.4) is 0 Å². The summed E-state index contributed by atoms with van der Waals surface area (Å²) < 4.78 is 5.29. The van der Waals surface area contributed by atoms with Crippen molar-refractivity contribution < 1.29 is 19.5 Å². The molecule has 2 atom stereocenters. The molecule has 0 aliphatic heterocycles. The third-order valence-electron chi connectivity index (χ3n) is 3.53. The minimum absolute atomic E-state index is 0.117. The van der Waals surface area contributed by atoms with Gasteiger partial charge < -0.3 is 15.3 Å². The Labute approximate surface area is 137 Å². The monoisotopic (exact) mass is 322 g/mol. The molecule has 6 heteroatoms. The van der Waals surface area contributed by atoms with Crippen LogP contribution in [0.1, 0.15) is 33.3 Å². The van der Waals surface area contributed by atoms with Crippen LogP contribution in [0, 0.1) is 11.8 Å². The number of benzene rings is 1. The Balaban J connectivity index is 2.66. The number of nitrogens with one attached hydrogen (secondary N) is 2. The van der Waals surface area contributed by atoms with Crippen molar-refractivity contribution in [2.45, 2.75) is 46.4 Å². The van der Waals surface area contributed by atoms with E-state index in [2.05, 4.69) is 5.32 Å². The number of hydroxylamine groups is 1. The second kappa shape index (κ2) is 9.27. The van der Waals surface area contributed by atoms with E-state index in [1.807, 2.05) is 49.7 Å². The highest BCUT2D eigenvalue weighted by atomic mass is 16.5. The quantitative estimate of drug-likeness (QED) is 0.502. The van der Waals surface area contributed by atoms with E-state index in [4.69, 9.17) is 9.94 Å². The maximum Gasteiger partial charge on any atom is 0.329 e. The van der Waals surface area contributed by atoms with Gasteiger partial charge in [-0.05, 0) is 17.4 Å². The molecular weight excluding hydrogens is 296 g/mol. The second-order valence-corrected chi connectivity index (χ2v) is 6.17. The fourth-order valence-electron chi connectivity index (χ4n) is 2.07. The molecule has 3 N–H and O–H groups in total. The second-order valence-electron chi connectivity index (χ2n) is 6.17. The molecule has 0 radical (unpaired) electrons. The van der Waals surface area contributed by atoms with Crippen LogP contribution in [0.2, 0.25) is 0 Å². The summed E-state index contributed by atoms with van der Waals surface area (Å²) in [6.07, 6.45) is 0. The van der Waals surface area contributed by atoms with Crippen LogP contribution in [-0.4, -0.2) is 29.2 Å². The van der Waals surface area contributed by atoms with Gasteiger partial charge in [0.15, 0.2) is 0 Å².